The van der Waals surface area contributed by atoms with E-state index < -0.39 is 0 Å². The van der Waals surface area contributed by atoms with Crippen molar-refractivity contribution < 1.29 is 14.0 Å². The van der Waals surface area contributed by atoms with Crippen molar-refractivity contribution in [3.05, 3.63) is 74.9 Å². The van der Waals surface area contributed by atoms with Crippen LogP contribution >= 0.6 is 11.3 Å². The Morgan fingerprint density at radius 2 is 1.86 bits per heavy atom. The summed E-state index contributed by atoms with van der Waals surface area (Å²) in [4.78, 5) is 25.5. The molecular formula is C22H21N3O3S. The molecule has 148 valence electrons. The number of nitrogens with one attached hydrogen (secondary N) is 2. The number of rotatable bonds is 4. The Kier molecular flexibility index (Phi) is 5.31. The smallest absolute Gasteiger partial charge is 0.291 e. The topological polar surface area (TPSA) is 83.7 Å². The summed E-state index contributed by atoms with van der Waals surface area (Å²) in [5.41, 5.74) is 6.78. The number of hydrogen-bond donors (Lipinski definition) is 2. The van der Waals surface area contributed by atoms with Gasteiger partial charge in [-0.05, 0) is 50.3 Å². The van der Waals surface area contributed by atoms with E-state index >= 15 is 0 Å². The minimum atomic E-state index is -0.289. The molecule has 1 aliphatic rings. The average molecular weight is 407 g/mol. The summed E-state index contributed by atoms with van der Waals surface area (Å²) in [6, 6.07) is 11.2. The van der Waals surface area contributed by atoms with Gasteiger partial charge in [0.25, 0.3) is 11.8 Å². The lowest BCUT2D eigenvalue weighted by molar-refractivity contribution is 0.0957. The lowest BCUT2D eigenvalue weighted by Crippen LogP contribution is -2.21. The van der Waals surface area contributed by atoms with E-state index in [0.717, 1.165) is 47.4 Å². The van der Waals surface area contributed by atoms with Gasteiger partial charge in [-0.25, -0.2) is 5.43 Å². The Balaban J connectivity index is 1.57. The maximum absolute atomic E-state index is 12.8. The molecular weight excluding hydrogens is 386 g/mol. The fourth-order valence-electron chi connectivity index (χ4n) is 3.40. The van der Waals surface area contributed by atoms with Crippen LogP contribution in [-0.2, 0) is 6.42 Å². The highest BCUT2D eigenvalue weighted by molar-refractivity contribution is 7.12. The quantitative estimate of drug-likeness (QED) is 0.616. The summed E-state index contributed by atoms with van der Waals surface area (Å²) >= 11 is 1.36. The molecule has 2 heterocycles. The zero-order chi connectivity index (χ0) is 20.4. The van der Waals surface area contributed by atoms with E-state index in [0.29, 0.717) is 10.6 Å². The lowest BCUT2D eigenvalue weighted by atomic mass is 9.93. The summed E-state index contributed by atoms with van der Waals surface area (Å²) in [6.45, 7) is 3.85. The molecule has 4 rings (SSSR count). The van der Waals surface area contributed by atoms with Crippen molar-refractivity contribution in [2.24, 2.45) is 5.10 Å². The Morgan fingerprint density at radius 1 is 1.07 bits per heavy atom. The average Bonchev–Trinajstić information content (AvgIpc) is 3.37. The first-order valence-electron chi connectivity index (χ1n) is 9.44. The predicted octanol–water partition coefficient (Wildman–Crippen LogP) is 4.68. The summed E-state index contributed by atoms with van der Waals surface area (Å²) in [6.07, 6.45) is 2.32. The number of furan rings is 1. The largest absolute Gasteiger partial charge is 0.455 e. The van der Waals surface area contributed by atoms with Crippen LogP contribution in [0.3, 0.4) is 0 Å². The van der Waals surface area contributed by atoms with Crippen LogP contribution < -0.4 is 10.7 Å². The summed E-state index contributed by atoms with van der Waals surface area (Å²) < 4.78 is 5.90. The number of fused-ring (bicyclic) bond motifs is 1. The van der Waals surface area contributed by atoms with Gasteiger partial charge in [0.2, 0.25) is 0 Å². The molecule has 0 atom stereocenters. The molecule has 0 unspecified atom stereocenters. The molecule has 6 nitrogen and oxygen atoms in total. The third-order valence-electron chi connectivity index (χ3n) is 4.88. The van der Waals surface area contributed by atoms with Gasteiger partial charge in [-0.3, -0.25) is 9.59 Å². The number of carbonyl (C=O) groups excluding carboxylic acids is 2. The number of hydrogen-bond acceptors (Lipinski definition) is 5. The summed E-state index contributed by atoms with van der Waals surface area (Å²) in [7, 11) is 0. The first-order chi connectivity index (χ1) is 14.0. The van der Waals surface area contributed by atoms with Crippen molar-refractivity contribution in [3.63, 3.8) is 0 Å². The normalized spacial score (nSPS) is 14.5. The van der Waals surface area contributed by atoms with Crippen molar-refractivity contribution in [2.45, 2.75) is 33.1 Å². The molecule has 2 amide bonds. The molecule has 1 aliphatic carbocycles. The van der Waals surface area contributed by atoms with Crippen LogP contribution in [0.25, 0.3) is 0 Å². The van der Waals surface area contributed by atoms with E-state index in [9.17, 15) is 9.59 Å². The van der Waals surface area contributed by atoms with E-state index in [-0.39, 0.29) is 17.6 Å². The molecule has 7 heteroatoms. The molecule has 0 bridgehead atoms. The minimum Gasteiger partial charge on any atom is -0.455 e. The lowest BCUT2D eigenvalue weighted by Gasteiger charge is -2.13. The second kappa shape index (κ2) is 8.05. The third kappa shape index (κ3) is 4.00. The Hall–Kier alpha value is -3.19. The molecule has 0 aliphatic heterocycles. The molecule has 2 aromatic heterocycles. The first kappa shape index (κ1) is 19.1. The van der Waals surface area contributed by atoms with Crippen LogP contribution in [0.5, 0.6) is 0 Å². The molecule has 29 heavy (non-hydrogen) atoms. The van der Waals surface area contributed by atoms with E-state index in [1.807, 2.05) is 49.6 Å². The second-order valence-corrected chi connectivity index (χ2v) is 7.95. The highest BCUT2D eigenvalue weighted by Gasteiger charge is 2.28. The monoisotopic (exact) mass is 407 g/mol. The number of thiophene rings is 1. The van der Waals surface area contributed by atoms with Gasteiger partial charge in [-0.2, -0.15) is 5.10 Å². The van der Waals surface area contributed by atoms with Crippen molar-refractivity contribution in [2.75, 3.05) is 5.32 Å². The Labute approximate surface area is 172 Å². The van der Waals surface area contributed by atoms with E-state index in [1.54, 1.807) is 6.07 Å². The van der Waals surface area contributed by atoms with Crippen molar-refractivity contribution >= 4 is 34.6 Å². The molecule has 1 aromatic carbocycles. The molecule has 0 fully saturated rings. The first-order valence-corrected chi connectivity index (χ1v) is 10.3. The van der Waals surface area contributed by atoms with Crippen molar-refractivity contribution in [1.29, 1.82) is 0 Å². The highest BCUT2D eigenvalue weighted by atomic mass is 32.1. The van der Waals surface area contributed by atoms with Gasteiger partial charge in [0.1, 0.15) is 5.76 Å². The van der Waals surface area contributed by atoms with Crippen LogP contribution in [0.2, 0.25) is 0 Å². The van der Waals surface area contributed by atoms with Crippen LogP contribution in [0.1, 0.15) is 55.5 Å². The van der Waals surface area contributed by atoms with Crippen LogP contribution in [0, 0.1) is 13.8 Å². The number of hydrazone groups is 1. The highest BCUT2D eigenvalue weighted by Crippen LogP contribution is 2.30. The Morgan fingerprint density at radius 3 is 2.59 bits per heavy atom. The molecule has 0 radical (unpaired) electrons. The minimum absolute atomic E-state index is 0.238. The third-order valence-corrected chi connectivity index (χ3v) is 5.75. The number of anilines is 1. The van der Waals surface area contributed by atoms with Gasteiger partial charge in [0, 0.05) is 23.2 Å². The molecule has 3 aromatic rings. The zero-order valence-electron chi connectivity index (χ0n) is 16.2. The van der Waals surface area contributed by atoms with Crippen LogP contribution in [0.4, 0.5) is 5.69 Å². The summed E-state index contributed by atoms with van der Waals surface area (Å²) in [5, 5.41) is 9.06. The number of benzene rings is 1. The maximum atomic E-state index is 12.8. The SMILES string of the molecule is Cc1ccc(NC(=O)c2oc3c(c2C)/C(=N/NC(=O)c2cccs2)CCC3)cc1. The molecule has 0 saturated heterocycles. The molecule has 0 saturated carbocycles. The van der Waals surface area contributed by atoms with Gasteiger partial charge in [0.15, 0.2) is 5.76 Å². The van der Waals surface area contributed by atoms with Gasteiger partial charge in [-0.15, -0.1) is 11.3 Å². The van der Waals surface area contributed by atoms with Crippen LogP contribution in [-0.4, -0.2) is 17.5 Å². The van der Waals surface area contributed by atoms with Gasteiger partial charge >= 0.3 is 0 Å². The predicted molar refractivity (Wildman–Crippen MR) is 114 cm³/mol. The van der Waals surface area contributed by atoms with E-state index in [2.05, 4.69) is 15.8 Å². The number of carbonyl (C=O) groups is 2. The van der Waals surface area contributed by atoms with Gasteiger partial charge in [0.05, 0.1) is 10.6 Å². The fraction of sp³-hybridized carbons (Fsp3) is 0.227. The number of nitrogens with zero attached hydrogens (tertiary/aromatic N) is 1. The number of amides is 2. The van der Waals surface area contributed by atoms with Crippen molar-refractivity contribution in [1.82, 2.24) is 5.43 Å². The fourth-order valence-corrected chi connectivity index (χ4v) is 4.02. The van der Waals surface area contributed by atoms with Crippen LogP contribution in [0.15, 0.2) is 51.3 Å². The zero-order valence-corrected chi connectivity index (χ0v) is 17.1. The maximum Gasteiger partial charge on any atom is 0.291 e. The van der Waals surface area contributed by atoms with Gasteiger partial charge < -0.3 is 9.73 Å². The molecule has 2 N–H and O–H groups in total. The summed E-state index contributed by atoms with van der Waals surface area (Å²) in [5.74, 6) is 0.502. The van der Waals surface area contributed by atoms with E-state index in [4.69, 9.17) is 4.42 Å². The number of aryl methyl sites for hydroxylation is 2. The standard InChI is InChI=1S/C22H21N3O3S/c1-13-8-10-15(11-9-13)23-22(27)20-14(2)19-16(5-3-6-17(19)28-20)24-25-21(26)18-7-4-12-29-18/h4,7-12H,3,5-6H2,1-2H3,(H,23,27)(H,25,26)/b24-16+. The second-order valence-electron chi connectivity index (χ2n) is 7.00. The van der Waals surface area contributed by atoms with E-state index in [1.165, 1.54) is 11.3 Å². The molecule has 0 spiro atoms. The Bertz CT molecular complexity index is 1080. The van der Waals surface area contributed by atoms with Gasteiger partial charge in [-0.1, -0.05) is 23.8 Å². The van der Waals surface area contributed by atoms with Crippen molar-refractivity contribution in [3.8, 4) is 0 Å².